The van der Waals surface area contributed by atoms with Gasteiger partial charge in [-0.3, -0.25) is 9.69 Å². The standard InChI is InChI=1S/C20H33N3OS/c1-4-14-25-16-20(24)21-18(3)8-9-22-10-12-23(13-11-22)19-7-5-6-17(2)15-19/h5-7,15,18H,4,8-14,16H2,1-3H3,(H,21,24). The second-order valence-electron chi connectivity index (χ2n) is 6.98. The smallest absolute Gasteiger partial charge is 0.230 e. The Morgan fingerprint density at radius 1 is 1.28 bits per heavy atom. The molecule has 25 heavy (non-hydrogen) atoms. The Balaban J connectivity index is 1.64. The summed E-state index contributed by atoms with van der Waals surface area (Å²) in [7, 11) is 0. The Labute approximate surface area is 157 Å². The zero-order chi connectivity index (χ0) is 18.1. The number of rotatable bonds is 9. The van der Waals surface area contributed by atoms with Crippen molar-refractivity contribution in [1.82, 2.24) is 10.2 Å². The molecule has 1 N–H and O–H groups in total. The fraction of sp³-hybridized carbons (Fsp3) is 0.650. The van der Waals surface area contributed by atoms with Gasteiger partial charge < -0.3 is 10.2 Å². The van der Waals surface area contributed by atoms with Crippen LogP contribution in [0.4, 0.5) is 5.69 Å². The van der Waals surface area contributed by atoms with E-state index < -0.39 is 0 Å². The van der Waals surface area contributed by atoms with Crippen LogP contribution in [-0.2, 0) is 4.79 Å². The molecule has 140 valence electrons. The van der Waals surface area contributed by atoms with Gasteiger partial charge in [0, 0.05) is 44.5 Å². The SMILES string of the molecule is CCCSCC(=O)NC(C)CCN1CCN(c2cccc(C)c2)CC1. The number of aryl methyl sites for hydroxylation is 1. The van der Waals surface area contributed by atoms with E-state index in [0.29, 0.717) is 5.75 Å². The highest BCUT2D eigenvalue weighted by Gasteiger charge is 2.18. The van der Waals surface area contributed by atoms with E-state index in [1.165, 1.54) is 11.3 Å². The zero-order valence-electron chi connectivity index (χ0n) is 16.0. The van der Waals surface area contributed by atoms with Gasteiger partial charge in [0.25, 0.3) is 0 Å². The highest BCUT2D eigenvalue weighted by molar-refractivity contribution is 7.99. The molecule has 1 aromatic carbocycles. The molecular weight excluding hydrogens is 330 g/mol. The first-order valence-electron chi connectivity index (χ1n) is 9.49. The van der Waals surface area contributed by atoms with Crippen molar-refractivity contribution in [2.24, 2.45) is 0 Å². The molecule has 0 saturated carbocycles. The van der Waals surface area contributed by atoms with Gasteiger partial charge in [0.2, 0.25) is 5.91 Å². The molecule has 0 spiro atoms. The average molecular weight is 364 g/mol. The number of carbonyl (C=O) groups excluding carboxylic acids is 1. The number of nitrogens with one attached hydrogen (secondary N) is 1. The first kappa shape index (κ1) is 20.1. The van der Waals surface area contributed by atoms with E-state index in [2.05, 4.69) is 60.2 Å². The number of hydrogen-bond donors (Lipinski definition) is 1. The third-order valence-corrected chi connectivity index (χ3v) is 5.77. The molecule has 0 radical (unpaired) electrons. The fourth-order valence-corrected chi connectivity index (χ4v) is 3.83. The number of carbonyl (C=O) groups is 1. The zero-order valence-corrected chi connectivity index (χ0v) is 16.8. The van der Waals surface area contributed by atoms with E-state index in [4.69, 9.17) is 0 Å². The number of anilines is 1. The molecular formula is C20H33N3OS. The summed E-state index contributed by atoms with van der Waals surface area (Å²) in [5.74, 6) is 1.83. The third kappa shape index (κ3) is 7.28. The van der Waals surface area contributed by atoms with E-state index in [1.54, 1.807) is 11.8 Å². The lowest BCUT2D eigenvalue weighted by Crippen LogP contribution is -2.47. The molecule has 5 heteroatoms. The van der Waals surface area contributed by atoms with Crippen LogP contribution in [0.25, 0.3) is 0 Å². The Morgan fingerprint density at radius 2 is 2.04 bits per heavy atom. The molecule has 1 aliphatic rings. The number of benzene rings is 1. The van der Waals surface area contributed by atoms with Crippen LogP contribution in [0.2, 0.25) is 0 Å². The number of piperazine rings is 1. The van der Waals surface area contributed by atoms with Crippen molar-refractivity contribution in [3.8, 4) is 0 Å². The van der Waals surface area contributed by atoms with Gasteiger partial charge in [-0.15, -0.1) is 0 Å². The maximum absolute atomic E-state index is 11.9. The van der Waals surface area contributed by atoms with Crippen molar-refractivity contribution in [3.63, 3.8) is 0 Å². The molecule has 4 nitrogen and oxygen atoms in total. The summed E-state index contributed by atoms with van der Waals surface area (Å²) >= 11 is 1.72. The van der Waals surface area contributed by atoms with Gasteiger partial charge in [0.1, 0.15) is 0 Å². The van der Waals surface area contributed by atoms with E-state index in [0.717, 1.165) is 51.3 Å². The van der Waals surface area contributed by atoms with Crippen molar-refractivity contribution >= 4 is 23.4 Å². The van der Waals surface area contributed by atoms with Gasteiger partial charge in [-0.1, -0.05) is 19.1 Å². The van der Waals surface area contributed by atoms with Crippen LogP contribution in [0.1, 0.15) is 32.3 Å². The minimum Gasteiger partial charge on any atom is -0.369 e. The van der Waals surface area contributed by atoms with Crippen molar-refractivity contribution in [3.05, 3.63) is 29.8 Å². The van der Waals surface area contributed by atoms with E-state index in [1.807, 2.05) is 0 Å². The van der Waals surface area contributed by atoms with Crippen LogP contribution in [0.15, 0.2) is 24.3 Å². The maximum atomic E-state index is 11.9. The molecule has 1 saturated heterocycles. The van der Waals surface area contributed by atoms with Crippen molar-refractivity contribution in [1.29, 1.82) is 0 Å². The Morgan fingerprint density at radius 3 is 2.72 bits per heavy atom. The second kappa shape index (κ2) is 10.7. The van der Waals surface area contributed by atoms with Crippen LogP contribution in [0, 0.1) is 6.92 Å². The summed E-state index contributed by atoms with van der Waals surface area (Å²) in [6.07, 6.45) is 2.15. The Kier molecular flexibility index (Phi) is 8.62. The van der Waals surface area contributed by atoms with Crippen molar-refractivity contribution in [2.45, 2.75) is 39.7 Å². The molecule has 1 heterocycles. The molecule has 1 unspecified atom stereocenters. The molecule has 2 rings (SSSR count). The lowest BCUT2D eigenvalue weighted by molar-refractivity contribution is -0.119. The summed E-state index contributed by atoms with van der Waals surface area (Å²) in [4.78, 5) is 16.8. The number of hydrogen-bond acceptors (Lipinski definition) is 4. The first-order chi connectivity index (χ1) is 12.1. The second-order valence-corrected chi connectivity index (χ2v) is 8.08. The minimum absolute atomic E-state index is 0.176. The van der Waals surface area contributed by atoms with Crippen LogP contribution < -0.4 is 10.2 Å². The van der Waals surface area contributed by atoms with Gasteiger partial charge >= 0.3 is 0 Å². The summed E-state index contributed by atoms with van der Waals surface area (Å²) in [6.45, 7) is 11.8. The van der Waals surface area contributed by atoms with E-state index in [-0.39, 0.29) is 11.9 Å². The largest absolute Gasteiger partial charge is 0.369 e. The topological polar surface area (TPSA) is 35.6 Å². The van der Waals surface area contributed by atoms with Crippen molar-refractivity contribution in [2.75, 3.05) is 49.1 Å². The van der Waals surface area contributed by atoms with E-state index in [9.17, 15) is 4.79 Å². The summed E-state index contributed by atoms with van der Waals surface area (Å²) in [6, 6.07) is 9.02. The predicted octanol–water partition coefficient (Wildman–Crippen LogP) is 3.16. The lowest BCUT2D eigenvalue weighted by atomic mass is 10.1. The maximum Gasteiger partial charge on any atom is 0.230 e. The summed E-state index contributed by atoms with van der Waals surface area (Å²) < 4.78 is 0. The van der Waals surface area contributed by atoms with Crippen LogP contribution in [0.5, 0.6) is 0 Å². The third-order valence-electron chi connectivity index (χ3n) is 4.61. The number of thioether (sulfide) groups is 1. The minimum atomic E-state index is 0.176. The summed E-state index contributed by atoms with van der Waals surface area (Å²) in [5, 5.41) is 3.12. The van der Waals surface area contributed by atoms with Gasteiger partial charge in [0.15, 0.2) is 0 Å². The average Bonchev–Trinajstić information content (AvgIpc) is 2.60. The molecule has 1 aliphatic heterocycles. The van der Waals surface area contributed by atoms with Crippen LogP contribution in [0.3, 0.4) is 0 Å². The van der Waals surface area contributed by atoms with Crippen LogP contribution in [-0.4, -0.2) is 61.1 Å². The Hall–Kier alpha value is -1.20. The van der Waals surface area contributed by atoms with Gasteiger partial charge in [-0.25, -0.2) is 0 Å². The molecule has 1 amide bonds. The van der Waals surface area contributed by atoms with Crippen molar-refractivity contribution < 1.29 is 4.79 Å². The van der Waals surface area contributed by atoms with Gasteiger partial charge in [-0.05, 0) is 50.1 Å². The number of nitrogens with zero attached hydrogens (tertiary/aromatic N) is 2. The lowest BCUT2D eigenvalue weighted by Gasteiger charge is -2.36. The quantitative estimate of drug-likeness (QED) is 0.684. The highest BCUT2D eigenvalue weighted by Crippen LogP contribution is 2.17. The molecule has 1 fully saturated rings. The van der Waals surface area contributed by atoms with Crippen LogP contribution >= 0.6 is 11.8 Å². The van der Waals surface area contributed by atoms with Gasteiger partial charge in [-0.2, -0.15) is 11.8 Å². The number of amides is 1. The Bertz CT molecular complexity index is 529. The normalized spacial score (nSPS) is 16.7. The molecule has 0 aromatic heterocycles. The fourth-order valence-electron chi connectivity index (χ4n) is 3.13. The van der Waals surface area contributed by atoms with E-state index >= 15 is 0 Å². The molecule has 1 aromatic rings. The monoisotopic (exact) mass is 363 g/mol. The molecule has 1 atom stereocenters. The first-order valence-corrected chi connectivity index (χ1v) is 10.6. The highest BCUT2D eigenvalue weighted by atomic mass is 32.2. The molecule has 0 bridgehead atoms. The predicted molar refractivity (Wildman–Crippen MR) is 110 cm³/mol. The summed E-state index contributed by atoms with van der Waals surface area (Å²) in [5.41, 5.74) is 2.66. The molecule has 0 aliphatic carbocycles. The van der Waals surface area contributed by atoms with Gasteiger partial charge in [0.05, 0.1) is 5.75 Å².